The first-order valence-corrected chi connectivity index (χ1v) is 9.85. The molecule has 170 valence electrons. The van der Waals surface area contributed by atoms with E-state index < -0.39 is 36.1 Å². The number of carbonyl (C=O) groups is 3. The van der Waals surface area contributed by atoms with Crippen LogP contribution in [0.1, 0.15) is 18.9 Å². The summed E-state index contributed by atoms with van der Waals surface area (Å²) in [6.45, 7) is 1.60. The van der Waals surface area contributed by atoms with Crippen molar-refractivity contribution in [3.05, 3.63) is 54.1 Å². The highest BCUT2D eigenvalue weighted by Crippen LogP contribution is 2.33. The van der Waals surface area contributed by atoms with Gasteiger partial charge in [-0.15, -0.1) is 0 Å². The van der Waals surface area contributed by atoms with Gasteiger partial charge in [0, 0.05) is 18.7 Å². The van der Waals surface area contributed by atoms with Gasteiger partial charge in [0.25, 0.3) is 5.91 Å². The summed E-state index contributed by atoms with van der Waals surface area (Å²) in [7, 11) is 0. The van der Waals surface area contributed by atoms with Gasteiger partial charge in [-0.25, -0.2) is 0 Å². The standard InChI is InChI=1S/C22H21F3N2O5/c1-2-31-18-9-4-3-8-17(18)27-12-14(10-20(27)29)21(30)32-13-19(28)26-16-7-5-6-15(11-16)22(23,24)25/h3-9,11,14H,2,10,12-13H2,1H3,(H,26,28)/t14-/m1/s1. The molecular weight excluding hydrogens is 429 g/mol. The lowest BCUT2D eigenvalue weighted by Crippen LogP contribution is -2.28. The van der Waals surface area contributed by atoms with Gasteiger partial charge in [0.2, 0.25) is 5.91 Å². The molecule has 1 fully saturated rings. The van der Waals surface area contributed by atoms with E-state index in [0.29, 0.717) is 18.0 Å². The Morgan fingerprint density at radius 2 is 1.91 bits per heavy atom. The Labute approximate surface area is 182 Å². The minimum Gasteiger partial charge on any atom is -0.492 e. The first kappa shape index (κ1) is 23.1. The number of nitrogens with zero attached hydrogens (tertiary/aromatic N) is 1. The number of anilines is 2. The average Bonchev–Trinajstić information content (AvgIpc) is 3.14. The molecule has 1 heterocycles. The molecule has 0 saturated carbocycles. The second-order valence-corrected chi connectivity index (χ2v) is 7.04. The quantitative estimate of drug-likeness (QED) is 0.651. The molecule has 0 aliphatic carbocycles. The van der Waals surface area contributed by atoms with Crippen molar-refractivity contribution >= 4 is 29.2 Å². The maximum atomic E-state index is 12.8. The van der Waals surface area contributed by atoms with Crippen molar-refractivity contribution in [2.24, 2.45) is 5.92 Å². The van der Waals surface area contributed by atoms with Crippen LogP contribution in [0.25, 0.3) is 0 Å². The van der Waals surface area contributed by atoms with E-state index in [1.54, 1.807) is 24.3 Å². The van der Waals surface area contributed by atoms with Crippen LogP contribution < -0.4 is 15.0 Å². The van der Waals surface area contributed by atoms with E-state index in [-0.39, 0.29) is 24.6 Å². The number of nitrogens with one attached hydrogen (secondary N) is 1. The lowest BCUT2D eigenvalue weighted by Gasteiger charge is -2.20. The molecule has 1 atom stereocenters. The SMILES string of the molecule is CCOc1ccccc1N1C[C@H](C(=O)OCC(=O)Nc2cccc(C(F)(F)F)c2)CC1=O. The first-order valence-electron chi connectivity index (χ1n) is 9.85. The number of amides is 2. The molecule has 0 spiro atoms. The fourth-order valence-corrected chi connectivity index (χ4v) is 3.28. The van der Waals surface area contributed by atoms with E-state index in [1.807, 2.05) is 6.92 Å². The molecule has 1 aliphatic heterocycles. The fraction of sp³-hybridized carbons (Fsp3) is 0.318. The maximum absolute atomic E-state index is 12.8. The van der Waals surface area contributed by atoms with Crippen LogP contribution in [0.3, 0.4) is 0 Å². The number of ether oxygens (including phenoxy) is 2. The first-order chi connectivity index (χ1) is 15.2. The molecule has 1 aliphatic rings. The van der Waals surface area contributed by atoms with E-state index in [9.17, 15) is 27.6 Å². The van der Waals surface area contributed by atoms with Gasteiger partial charge in [0.1, 0.15) is 5.75 Å². The molecule has 0 radical (unpaired) electrons. The number of carbonyl (C=O) groups excluding carboxylic acids is 3. The summed E-state index contributed by atoms with van der Waals surface area (Å²) in [4.78, 5) is 38.2. The minimum absolute atomic E-state index is 0.0665. The molecule has 2 amide bonds. The number of hydrogen-bond donors (Lipinski definition) is 1. The normalized spacial score (nSPS) is 16.1. The molecule has 0 aromatic heterocycles. The van der Waals surface area contributed by atoms with Crippen LogP contribution in [0.15, 0.2) is 48.5 Å². The summed E-state index contributed by atoms with van der Waals surface area (Å²) < 4.78 is 48.8. The van der Waals surface area contributed by atoms with Gasteiger partial charge >= 0.3 is 12.1 Å². The number of para-hydroxylation sites is 2. The Balaban J connectivity index is 1.56. The molecule has 10 heteroatoms. The Morgan fingerprint density at radius 1 is 1.16 bits per heavy atom. The highest BCUT2D eigenvalue weighted by atomic mass is 19.4. The van der Waals surface area contributed by atoms with Gasteiger partial charge in [0.05, 0.1) is 23.8 Å². The van der Waals surface area contributed by atoms with E-state index in [2.05, 4.69) is 5.32 Å². The predicted octanol–water partition coefficient (Wildman–Crippen LogP) is 3.64. The van der Waals surface area contributed by atoms with Gasteiger partial charge in [-0.05, 0) is 37.3 Å². The highest BCUT2D eigenvalue weighted by molar-refractivity contribution is 6.01. The number of esters is 1. The Morgan fingerprint density at radius 3 is 2.62 bits per heavy atom. The molecule has 1 saturated heterocycles. The van der Waals surface area contributed by atoms with Gasteiger partial charge < -0.3 is 19.7 Å². The van der Waals surface area contributed by atoms with E-state index in [4.69, 9.17) is 9.47 Å². The van der Waals surface area contributed by atoms with Crippen LogP contribution >= 0.6 is 0 Å². The number of alkyl halides is 3. The molecule has 3 rings (SSSR count). The third-order valence-corrected chi connectivity index (χ3v) is 4.73. The van der Waals surface area contributed by atoms with Crippen LogP contribution in [-0.2, 0) is 25.3 Å². The molecule has 1 N–H and O–H groups in total. The van der Waals surface area contributed by atoms with E-state index in [0.717, 1.165) is 18.2 Å². The van der Waals surface area contributed by atoms with Crippen molar-refractivity contribution in [2.75, 3.05) is 30.0 Å². The topological polar surface area (TPSA) is 84.9 Å². The van der Waals surface area contributed by atoms with Crippen molar-refractivity contribution in [1.82, 2.24) is 0 Å². The van der Waals surface area contributed by atoms with Gasteiger partial charge in [-0.3, -0.25) is 14.4 Å². The summed E-state index contributed by atoms with van der Waals surface area (Å²) in [6, 6.07) is 11.0. The second kappa shape index (κ2) is 9.71. The molecule has 2 aromatic carbocycles. The van der Waals surface area contributed by atoms with Crippen LogP contribution in [-0.4, -0.2) is 37.5 Å². The summed E-state index contributed by atoms with van der Waals surface area (Å²) >= 11 is 0. The Kier molecular flexibility index (Phi) is 7.01. The summed E-state index contributed by atoms with van der Waals surface area (Å²) in [5.41, 5.74) is -0.447. The highest BCUT2D eigenvalue weighted by Gasteiger charge is 2.37. The molecule has 2 aromatic rings. The third kappa shape index (κ3) is 5.57. The maximum Gasteiger partial charge on any atom is 0.416 e. The lowest BCUT2D eigenvalue weighted by atomic mass is 10.1. The zero-order chi connectivity index (χ0) is 23.3. The van der Waals surface area contributed by atoms with Crippen molar-refractivity contribution < 1.29 is 37.0 Å². The van der Waals surface area contributed by atoms with E-state index in [1.165, 1.54) is 11.0 Å². The lowest BCUT2D eigenvalue weighted by molar-refractivity contribution is -0.151. The van der Waals surface area contributed by atoms with Gasteiger partial charge in [-0.2, -0.15) is 13.2 Å². The fourth-order valence-electron chi connectivity index (χ4n) is 3.28. The predicted molar refractivity (Wildman–Crippen MR) is 109 cm³/mol. The summed E-state index contributed by atoms with van der Waals surface area (Å²) in [5, 5.41) is 2.26. The third-order valence-electron chi connectivity index (χ3n) is 4.73. The zero-order valence-electron chi connectivity index (χ0n) is 17.1. The Hall–Kier alpha value is -3.56. The minimum atomic E-state index is -4.55. The molecule has 7 nitrogen and oxygen atoms in total. The van der Waals surface area contributed by atoms with Crippen molar-refractivity contribution in [1.29, 1.82) is 0 Å². The summed E-state index contributed by atoms with van der Waals surface area (Å²) in [5.74, 6) is -2.08. The van der Waals surface area contributed by atoms with Crippen molar-refractivity contribution in [3.8, 4) is 5.75 Å². The number of halogens is 3. The van der Waals surface area contributed by atoms with Gasteiger partial charge in [-0.1, -0.05) is 18.2 Å². The molecule has 0 unspecified atom stereocenters. The van der Waals surface area contributed by atoms with Crippen LogP contribution in [0, 0.1) is 5.92 Å². The van der Waals surface area contributed by atoms with Crippen LogP contribution in [0.2, 0.25) is 0 Å². The summed E-state index contributed by atoms with van der Waals surface area (Å²) in [6.07, 6.45) is -4.64. The number of benzene rings is 2. The monoisotopic (exact) mass is 450 g/mol. The zero-order valence-corrected chi connectivity index (χ0v) is 17.1. The molecule has 0 bridgehead atoms. The van der Waals surface area contributed by atoms with Crippen molar-refractivity contribution in [2.45, 2.75) is 19.5 Å². The van der Waals surface area contributed by atoms with Crippen molar-refractivity contribution in [3.63, 3.8) is 0 Å². The number of hydrogen-bond acceptors (Lipinski definition) is 5. The van der Waals surface area contributed by atoms with Crippen LogP contribution in [0.5, 0.6) is 5.75 Å². The van der Waals surface area contributed by atoms with Crippen LogP contribution in [0.4, 0.5) is 24.5 Å². The Bertz CT molecular complexity index is 1010. The smallest absolute Gasteiger partial charge is 0.416 e. The van der Waals surface area contributed by atoms with Gasteiger partial charge in [0.15, 0.2) is 6.61 Å². The molecule has 32 heavy (non-hydrogen) atoms. The molecular formula is C22H21F3N2O5. The average molecular weight is 450 g/mol. The number of rotatable bonds is 7. The largest absolute Gasteiger partial charge is 0.492 e. The second-order valence-electron chi connectivity index (χ2n) is 7.04. The van der Waals surface area contributed by atoms with E-state index >= 15 is 0 Å².